The van der Waals surface area contributed by atoms with Crippen LogP contribution in [0.15, 0.2) is 170 Å². The summed E-state index contributed by atoms with van der Waals surface area (Å²) in [6.07, 6.45) is 2.39. The van der Waals surface area contributed by atoms with Crippen molar-refractivity contribution in [3.8, 4) is 0 Å². The number of aryl methyl sites for hydroxylation is 4. The lowest BCUT2D eigenvalue weighted by molar-refractivity contribution is -0.137. The molecule has 8 atom stereocenters. The molecule has 0 aliphatic carbocycles. The van der Waals surface area contributed by atoms with E-state index >= 15 is 0 Å². The number of hydrogen-bond donors (Lipinski definition) is 3. The second kappa shape index (κ2) is 42.1. The van der Waals surface area contributed by atoms with E-state index < -0.39 is 41.5 Å². The number of nitrogens with two attached hydrogens (primary N) is 1. The molecule has 4 N–H and O–H groups in total. The van der Waals surface area contributed by atoms with Crippen molar-refractivity contribution in [2.75, 3.05) is 111 Å². The fourth-order valence-corrected chi connectivity index (χ4v) is 18.2. The molecule has 6 fully saturated rings. The molecular formula is C94H112Cl8N12O8. The lowest BCUT2D eigenvalue weighted by Crippen LogP contribution is -2.55. The molecular weight excluding hydrogens is 1710 g/mol. The van der Waals surface area contributed by atoms with Crippen LogP contribution in [0, 0.1) is 27.7 Å². The Morgan fingerprint density at radius 3 is 1.03 bits per heavy atom. The summed E-state index contributed by atoms with van der Waals surface area (Å²) >= 11 is 50.8. The molecule has 122 heavy (non-hydrogen) atoms. The molecule has 652 valence electrons. The number of anilines is 4. The summed E-state index contributed by atoms with van der Waals surface area (Å²) in [5.74, 6) is 0.00110. The number of carbonyl (C=O) groups is 6. The maximum absolute atomic E-state index is 13.7. The Morgan fingerprint density at radius 1 is 0.402 bits per heavy atom. The summed E-state index contributed by atoms with van der Waals surface area (Å²) in [5.41, 5.74) is 17.2. The van der Waals surface area contributed by atoms with Crippen LogP contribution in [0.1, 0.15) is 150 Å². The first kappa shape index (κ1) is 94.3. The number of likely N-dealkylation sites (tertiary alicyclic amines) is 1. The molecule has 6 aliphatic rings. The van der Waals surface area contributed by atoms with Gasteiger partial charge in [-0.15, -0.1) is 0 Å². The lowest BCUT2D eigenvalue weighted by atomic mass is 10.00. The van der Waals surface area contributed by atoms with Crippen molar-refractivity contribution >= 4 is 151 Å². The monoisotopic (exact) mass is 1820 g/mol. The summed E-state index contributed by atoms with van der Waals surface area (Å²) in [4.78, 5) is 95.3. The van der Waals surface area contributed by atoms with Gasteiger partial charge in [0.05, 0.1) is 79.1 Å². The van der Waals surface area contributed by atoms with Crippen LogP contribution < -0.4 is 36.0 Å². The minimum Gasteiger partial charge on any atom is -0.444 e. The fraction of sp³-hybridized carbons (Fsp3) is 0.426. The summed E-state index contributed by atoms with van der Waals surface area (Å²) in [7, 11) is 0. The molecule has 28 heteroatoms. The van der Waals surface area contributed by atoms with Crippen molar-refractivity contribution in [1.29, 1.82) is 0 Å². The van der Waals surface area contributed by atoms with E-state index in [4.69, 9.17) is 108 Å². The highest BCUT2D eigenvalue weighted by atomic mass is 35.5. The van der Waals surface area contributed by atoms with Crippen molar-refractivity contribution in [3.63, 3.8) is 0 Å². The number of alkyl carbamates (subject to hydrolysis) is 1. The molecule has 0 unspecified atom stereocenters. The third-order valence-corrected chi connectivity index (χ3v) is 24.7. The van der Waals surface area contributed by atoms with Gasteiger partial charge in [-0.25, -0.2) is 9.59 Å². The molecule has 6 amide bonds. The minimum atomic E-state index is -0.708. The van der Waals surface area contributed by atoms with E-state index in [1.165, 1.54) is 0 Å². The summed E-state index contributed by atoms with van der Waals surface area (Å²) < 4.78 is 10.9. The Bertz CT molecular complexity index is 4960. The zero-order valence-corrected chi connectivity index (χ0v) is 77.5. The molecule has 0 bridgehead atoms. The Labute approximate surface area is 759 Å². The van der Waals surface area contributed by atoms with Crippen LogP contribution in [0.4, 0.5) is 32.3 Å². The van der Waals surface area contributed by atoms with Gasteiger partial charge in [-0.2, -0.15) is 0 Å². The minimum absolute atomic E-state index is 0.0103. The smallest absolute Gasteiger partial charge is 0.410 e. The number of amides is 6. The van der Waals surface area contributed by atoms with Gasteiger partial charge < -0.3 is 65.0 Å². The molecule has 14 rings (SSSR count). The van der Waals surface area contributed by atoms with Gasteiger partial charge in [0.25, 0.3) is 0 Å². The molecule has 0 radical (unpaired) electrons. The third kappa shape index (κ3) is 24.8. The number of carbonyl (C=O) groups excluding carboxylic acids is 6. The van der Waals surface area contributed by atoms with E-state index in [2.05, 4.69) is 54.5 Å². The van der Waals surface area contributed by atoms with Gasteiger partial charge in [0.1, 0.15) is 23.3 Å². The number of nitrogens with one attached hydrogen (secondary N) is 2. The van der Waals surface area contributed by atoms with E-state index in [1.54, 1.807) is 44.4 Å². The van der Waals surface area contributed by atoms with Crippen LogP contribution in [0.3, 0.4) is 0 Å². The average Bonchev–Trinajstić information content (AvgIpc) is 1.87. The summed E-state index contributed by atoms with van der Waals surface area (Å²) in [6, 6.07) is 53.4. The van der Waals surface area contributed by atoms with Gasteiger partial charge in [-0.1, -0.05) is 166 Å². The molecule has 20 nitrogen and oxygen atoms in total. The lowest BCUT2D eigenvalue weighted by Gasteiger charge is -2.44. The topological polar surface area (TPSA) is 200 Å². The summed E-state index contributed by atoms with van der Waals surface area (Å²) in [6.45, 7) is 31.0. The maximum Gasteiger partial charge on any atom is 0.410 e. The van der Waals surface area contributed by atoms with Crippen LogP contribution >= 0.6 is 92.8 Å². The predicted molar refractivity (Wildman–Crippen MR) is 497 cm³/mol. The number of halogens is 8. The number of benzene rings is 8. The zero-order chi connectivity index (χ0) is 88.2. The van der Waals surface area contributed by atoms with Crippen molar-refractivity contribution in [3.05, 3.63) is 255 Å². The van der Waals surface area contributed by atoms with Crippen LogP contribution in [0.5, 0.6) is 0 Å². The van der Waals surface area contributed by atoms with E-state index in [9.17, 15) is 28.8 Å². The van der Waals surface area contributed by atoms with Gasteiger partial charge in [0.2, 0.25) is 23.6 Å². The number of nitrogens with zero attached hydrogens (tertiary/aromatic N) is 9. The van der Waals surface area contributed by atoms with E-state index in [1.807, 2.05) is 209 Å². The van der Waals surface area contributed by atoms with Gasteiger partial charge in [-0.3, -0.25) is 24.1 Å². The van der Waals surface area contributed by atoms with Gasteiger partial charge in [0, 0.05) is 105 Å². The molecule has 8 aromatic carbocycles. The normalized spacial score (nSPS) is 19.9. The van der Waals surface area contributed by atoms with Crippen molar-refractivity contribution in [1.82, 2.24) is 35.1 Å². The molecule has 0 saturated carbocycles. The number of piperazine rings is 4. The molecule has 0 spiro atoms. The van der Waals surface area contributed by atoms with Crippen LogP contribution in [-0.4, -0.2) is 187 Å². The van der Waals surface area contributed by atoms with Crippen LogP contribution in [0.25, 0.3) is 0 Å². The van der Waals surface area contributed by atoms with E-state index in [0.717, 1.165) is 110 Å². The Balaban J connectivity index is 0.000000160. The average molecular weight is 1820 g/mol. The second-order valence-electron chi connectivity index (χ2n) is 34.1. The SMILES string of the molecule is Cc1ccc(N2CCN(C(=O)[C@@H](C)N)C[C@H]2c2ccc(Cl)cc2)c(Cl)c1.Cc1ccc(N2CCN(C(=O)[C@@H](C)NC(=O)OC(C)(C)C)C[C@H]2c2ccc(Cl)cc2)c(Cl)c1.Cc1ccc(N2CCN(C(=O)[C@@H]3CCCN3)C[C@H]2c2ccc(Cl)cc2)c(Cl)c1.Cc1ccc(N2CCN(C(=O)[C@@H]3CCCN3C(=O)OC(C)(C)C)C[C@H]2c2ccc(Cl)cc2)c(Cl)c1. The highest BCUT2D eigenvalue weighted by Gasteiger charge is 2.43. The number of rotatable bonds is 13. The maximum atomic E-state index is 13.7. The number of ether oxygens (including phenoxy) is 2. The highest BCUT2D eigenvalue weighted by Crippen LogP contribution is 2.42. The molecule has 0 aromatic heterocycles. The first-order valence-electron chi connectivity index (χ1n) is 41.6. The van der Waals surface area contributed by atoms with Crippen LogP contribution in [0.2, 0.25) is 40.2 Å². The highest BCUT2D eigenvalue weighted by molar-refractivity contribution is 6.35. The second-order valence-corrected chi connectivity index (χ2v) is 37.5. The summed E-state index contributed by atoms with van der Waals surface area (Å²) in [5, 5.41) is 11.5. The molecule has 6 aliphatic heterocycles. The Kier molecular flexibility index (Phi) is 32.5. The van der Waals surface area contributed by atoms with Crippen molar-refractivity contribution in [2.24, 2.45) is 5.73 Å². The predicted octanol–water partition coefficient (Wildman–Crippen LogP) is 20.2. The van der Waals surface area contributed by atoms with Crippen molar-refractivity contribution in [2.45, 2.75) is 168 Å². The number of hydrogen-bond acceptors (Lipinski definition) is 14. The van der Waals surface area contributed by atoms with Gasteiger partial charge in [-0.05, 0) is 257 Å². The third-order valence-electron chi connectivity index (χ3n) is 22.5. The zero-order valence-electron chi connectivity index (χ0n) is 71.4. The Hall–Kier alpha value is -8.38. The molecule has 6 heterocycles. The quantitative estimate of drug-likeness (QED) is 0.0984. The first-order chi connectivity index (χ1) is 57.9. The largest absolute Gasteiger partial charge is 0.444 e. The Morgan fingerprint density at radius 2 is 0.721 bits per heavy atom. The molecule has 8 aromatic rings. The van der Waals surface area contributed by atoms with E-state index in [0.29, 0.717) is 115 Å². The van der Waals surface area contributed by atoms with Crippen molar-refractivity contribution < 1.29 is 38.2 Å². The van der Waals surface area contributed by atoms with Gasteiger partial charge in [0.15, 0.2) is 0 Å². The van der Waals surface area contributed by atoms with E-state index in [-0.39, 0.29) is 53.8 Å². The fourth-order valence-electron chi connectivity index (χ4n) is 16.3. The first-order valence-corrected chi connectivity index (χ1v) is 44.7. The molecule has 6 saturated heterocycles. The van der Waals surface area contributed by atoms with Gasteiger partial charge >= 0.3 is 12.2 Å². The standard InChI is InChI=1S/C27H33Cl2N3O3.C25H31Cl2N3O3.C22H25Cl2N3O.C20H23Cl2N3O/c1-18-7-12-22(21(29)16-18)31-15-14-30(17-24(31)19-8-10-20(28)11-9-19)25(33)23-6-5-13-32(23)26(34)35-27(2,3)4;1-16-6-11-21(20(27)14-16)30-13-12-29(15-22(30)18-7-9-19(26)10-8-18)23(31)17(2)28-24(32)33-25(3,4)5;1-15-4-9-20(18(24)13-15)27-12-11-26(22(28)19-3-2-10-25-19)14-21(27)16-5-7-17(23)8-6-16;1-13-3-8-18(17(22)11-13)25-10-9-24(20(26)14(2)23)12-19(25)15-4-6-16(21)7-5-15/h7-12,16,23-24H,5-6,13-15,17H2,1-4H3;6-11,14,17,22H,12-13,15H2,1-5H3,(H,28,32);4-9,13,19,21,25H,2-3,10-12,14H2,1H3;3-8,11,14,19H,9-10,12,23H2,1-2H3/t23-,24-;17-,22+;19-,21-;14-,19+/m0101/s1. The van der Waals surface area contributed by atoms with Crippen LogP contribution in [-0.2, 0) is 28.7 Å².